The molecule has 7 nitrogen and oxygen atoms in total. The number of aryl methyl sites for hydroxylation is 1. The van der Waals surface area contributed by atoms with E-state index in [1.165, 1.54) is 6.07 Å². The van der Waals surface area contributed by atoms with Crippen LogP contribution < -0.4 is 0 Å². The van der Waals surface area contributed by atoms with Gasteiger partial charge in [0.2, 0.25) is 15.3 Å². The van der Waals surface area contributed by atoms with E-state index in [1.54, 1.807) is 25.1 Å². The first-order valence-electron chi connectivity index (χ1n) is 8.83. The van der Waals surface area contributed by atoms with Crippen molar-refractivity contribution in [1.82, 2.24) is 10.2 Å². The van der Waals surface area contributed by atoms with Crippen LogP contribution in [-0.2, 0) is 24.4 Å². The zero-order valence-electron chi connectivity index (χ0n) is 15.8. The third-order valence-electron chi connectivity index (χ3n) is 5.16. The van der Waals surface area contributed by atoms with Crippen LogP contribution >= 0.6 is 0 Å². The number of benzene rings is 1. The highest BCUT2D eigenvalue weighted by molar-refractivity contribution is 7.92. The normalized spacial score (nSPS) is 24.8. The molecule has 0 saturated carbocycles. The molecular weight excluding hydrogens is 407 g/mol. The average molecular weight is 431 g/mol. The molecule has 1 aromatic carbocycles. The van der Waals surface area contributed by atoms with Crippen molar-refractivity contribution in [3.05, 3.63) is 41.6 Å². The predicted molar refractivity (Wildman–Crippen MR) is 101 cm³/mol. The van der Waals surface area contributed by atoms with E-state index < -0.39 is 41.1 Å². The lowest BCUT2D eigenvalue weighted by molar-refractivity contribution is -0.00221. The average Bonchev–Trinajstić information content (AvgIpc) is 3.12. The van der Waals surface area contributed by atoms with E-state index in [2.05, 4.69) is 10.2 Å². The van der Waals surface area contributed by atoms with Crippen molar-refractivity contribution in [3.8, 4) is 0 Å². The number of halogens is 1. The van der Waals surface area contributed by atoms with Gasteiger partial charge in [0.1, 0.15) is 6.10 Å². The quantitative estimate of drug-likeness (QED) is 0.782. The predicted octanol–water partition coefficient (Wildman–Crippen LogP) is 2.89. The van der Waals surface area contributed by atoms with Gasteiger partial charge in [0, 0.05) is 12.7 Å². The van der Waals surface area contributed by atoms with E-state index in [-0.39, 0.29) is 17.9 Å². The summed E-state index contributed by atoms with van der Waals surface area (Å²) >= 11 is 0. The van der Waals surface area contributed by atoms with E-state index in [0.29, 0.717) is 12.1 Å². The second-order valence-corrected chi connectivity index (χ2v) is 12.0. The van der Waals surface area contributed by atoms with Crippen molar-refractivity contribution < 1.29 is 26.0 Å². The number of H-pyrrole nitrogens is 1. The van der Waals surface area contributed by atoms with Crippen molar-refractivity contribution in [2.24, 2.45) is 0 Å². The van der Waals surface area contributed by atoms with Crippen LogP contribution in [0.2, 0.25) is 0 Å². The fourth-order valence-corrected chi connectivity index (χ4v) is 5.96. The maximum atomic E-state index is 13.4. The molecule has 1 N–H and O–H groups in total. The smallest absolute Gasteiger partial charge is 0.229 e. The Bertz CT molecular complexity index is 1080. The fraction of sp³-hybridized carbons (Fsp3) is 0.500. The Labute approximate surface area is 164 Å². The highest BCUT2D eigenvalue weighted by Gasteiger charge is 2.45. The molecule has 0 bridgehead atoms. The zero-order valence-corrected chi connectivity index (χ0v) is 17.5. The lowest BCUT2D eigenvalue weighted by Gasteiger charge is -2.37. The number of sulfone groups is 2. The van der Waals surface area contributed by atoms with Crippen LogP contribution in [0.15, 0.2) is 40.3 Å². The number of hydrogen-bond donors (Lipinski definition) is 1. The topological polar surface area (TPSA) is 106 Å². The third kappa shape index (κ3) is 3.60. The van der Waals surface area contributed by atoms with Crippen LogP contribution in [0.25, 0.3) is 0 Å². The second-order valence-electron chi connectivity index (χ2n) is 7.33. The van der Waals surface area contributed by atoms with Crippen molar-refractivity contribution in [3.63, 3.8) is 0 Å². The van der Waals surface area contributed by atoms with Gasteiger partial charge >= 0.3 is 0 Å². The van der Waals surface area contributed by atoms with Crippen LogP contribution in [-0.4, -0.2) is 43.9 Å². The number of rotatable bonds is 5. The summed E-state index contributed by atoms with van der Waals surface area (Å²) in [7, 11) is -7.84. The number of nitrogens with zero attached hydrogens (tertiary/aromatic N) is 1. The summed E-state index contributed by atoms with van der Waals surface area (Å²) in [6, 6.07) is 7.94. The number of ether oxygens (including phenoxy) is 1. The first-order chi connectivity index (χ1) is 13.0. The Kier molecular flexibility index (Phi) is 5.41. The molecule has 2 aromatic rings. The van der Waals surface area contributed by atoms with E-state index in [1.807, 2.05) is 13.0 Å². The number of aromatic amines is 1. The molecule has 10 heteroatoms. The van der Waals surface area contributed by atoms with Crippen LogP contribution in [0, 0.1) is 6.92 Å². The molecule has 3 atom stereocenters. The molecule has 0 amide bonds. The molecule has 1 unspecified atom stereocenters. The first-order valence-corrected chi connectivity index (χ1v) is 11.9. The van der Waals surface area contributed by atoms with Gasteiger partial charge in [0.25, 0.3) is 0 Å². The van der Waals surface area contributed by atoms with Gasteiger partial charge in [0.05, 0.1) is 15.3 Å². The summed E-state index contributed by atoms with van der Waals surface area (Å²) in [6.07, 6.45) is -0.263. The maximum absolute atomic E-state index is 13.4. The van der Waals surface area contributed by atoms with E-state index in [4.69, 9.17) is 4.74 Å². The Balaban J connectivity index is 1.91. The molecule has 28 heavy (non-hydrogen) atoms. The summed E-state index contributed by atoms with van der Waals surface area (Å²) in [5.41, 5.74) is -0.940. The maximum Gasteiger partial charge on any atom is 0.229 e. The number of nitrogens with one attached hydrogen (secondary N) is 1. The highest BCUT2D eigenvalue weighted by Crippen LogP contribution is 2.41. The first kappa shape index (κ1) is 20.9. The number of alkyl halides is 1. The largest absolute Gasteiger partial charge is 0.372 e. The molecule has 2 heterocycles. The summed E-state index contributed by atoms with van der Waals surface area (Å²) < 4.78 is 68.3. The Morgan fingerprint density at radius 3 is 2.64 bits per heavy atom. The van der Waals surface area contributed by atoms with Gasteiger partial charge in [0.15, 0.2) is 14.9 Å². The minimum Gasteiger partial charge on any atom is -0.372 e. The van der Waals surface area contributed by atoms with E-state index >= 15 is 0 Å². The van der Waals surface area contributed by atoms with Crippen LogP contribution in [0.3, 0.4) is 0 Å². The van der Waals surface area contributed by atoms with Gasteiger partial charge in [-0.05, 0) is 51.3 Å². The second kappa shape index (κ2) is 7.23. The Morgan fingerprint density at radius 1 is 1.29 bits per heavy atom. The molecule has 0 aliphatic carbocycles. The van der Waals surface area contributed by atoms with Gasteiger partial charge in [-0.1, -0.05) is 12.1 Å². The van der Waals surface area contributed by atoms with Crippen LogP contribution in [0.4, 0.5) is 4.39 Å². The summed E-state index contributed by atoms with van der Waals surface area (Å²) in [6.45, 7) is 4.60. The van der Waals surface area contributed by atoms with Crippen molar-refractivity contribution >= 4 is 19.7 Å². The zero-order chi connectivity index (χ0) is 20.7. The SMILES string of the molecule is Cc1cccc(S(=O)(=O)[C@@]2(C)CCO[C@H](c3cc(S(=O)(=O)C(C)F)n[nH]3)C2)c1. The fourth-order valence-electron chi connectivity index (χ4n) is 3.28. The molecule has 1 saturated heterocycles. The van der Waals surface area contributed by atoms with Crippen LogP contribution in [0.1, 0.15) is 44.1 Å². The minimum absolute atomic E-state index is 0.121. The number of hydrogen-bond acceptors (Lipinski definition) is 6. The lowest BCUT2D eigenvalue weighted by Crippen LogP contribution is -2.42. The molecule has 1 aromatic heterocycles. The third-order valence-corrected chi connectivity index (χ3v) is 9.35. The van der Waals surface area contributed by atoms with Crippen molar-refractivity contribution in [2.45, 2.75) is 59.9 Å². The standard InChI is InChI=1S/C18H23FN2O5S2/c1-12-5-4-6-14(9-12)28(24,25)18(3)7-8-26-16(11-18)15-10-17(21-20-15)27(22,23)13(2)19/h4-6,9-10,13,16H,7-8,11H2,1-3H3,(H,20,21)/t13?,16-,18-/m0/s1. The highest BCUT2D eigenvalue weighted by atomic mass is 32.2. The van der Waals surface area contributed by atoms with Crippen LogP contribution in [0.5, 0.6) is 0 Å². The van der Waals surface area contributed by atoms with Crippen molar-refractivity contribution in [1.29, 1.82) is 0 Å². The minimum atomic E-state index is -4.18. The Morgan fingerprint density at radius 2 is 2.00 bits per heavy atom. The summed E-state index contributed by atoms with van der Waals surface area (Å²) in [4.78, 5) is 0.245. The molecule has 3 rings (SSSR count). The van der Waals surface area contributed by atoms with Gasteiger partial charge < -0.3 is 4.74 Å². The van der Waals surface area contributed by atoms with E-state index in [0.717, 1.165) is 12.5 Å². The molecule has 0 radical (unpaired) electrons. The van der Waals surface area contributed by atoms with Gasteiger partial charge in [-0.2, -0.15) is 5.10 Å². The molecular formula is C18H23FN2O5S2. The Hall–Kier alpha value is -1.78. The van der Waals surface area contributed by atoms with Gasteiger partial charge in [-0.25, -0.2) is 21.2 Å². The molecule has 1 aliphatic heterocycles. The lowest BCUT2D eigenvalue weighted by atomic mass is 9.95. The molecule has 154 valence electrons. The summed E-state index contributed by atoms with van der Waals surface area (Å²) in [5, 5.41) is 5.82. The molecule has 1 fully saturated rings. The van der Waals surface area contributed by atoms with Gasteiger partial charge in [-0.15, -0.1) is 0 Å². The molecule has 1 aliphatic rings. The van der Waals surface area contributed by atoms with Crippen molar-refractivity contribution in [2.75, 3.05) is 6.61 Å². The number of aromatic nitrogens is 2. The summed E-state index contributed by atoms with van der Waals surface area (Å²) in [5.74, 6) is 0. The molecule has 0 spiro atoms. The van der Waals surface area contributed by atoms with Gasteiger partial charge in [-0.3, -0.25) is 5.10 Å². The monoisotopic (exact) mass is 430 g/mol. The van der Waals surface area contributed by atoms with E-state index in [9.17, 15) is 21.2 Å².